The number of aliphatic hydroxyl groups is 1. The van der Waals surface area contributed by atoms with Crippen LogP contribution in [0.1, 0.15) is 28.8 Å². The predicted molar refractivity (Wildman–Crippen MR) is 76.4 cm³/mol. The Kier molecular flexibility index (Phi) is 5.11. The second kappa shape index (κ2) is 7.04. The van der Waals surface area contributed by atoms with Crippen molar-refractivity contribution in [3.05, 3.63) is 41.5 Å². The van der Waals surface area contributed by atoms with Gasteiger partial charge in [0.2, 0.25) is 0 Å². The number of carbonyl (C=O) groups excluding carboxylic acids is 2. The summed E-state index contributed by atoms with van der Waals surface area (Å²) in [6, 6.07) is 5.28. The maximum absolute atomic E-state index is 12.2. The second-order valence-electron chi connectivity index (χ2n) is 4.85. The molecule has 21 heavy (non-hydrogen) atoms. The van der Waals surface area contributed by atoms with Crippen molar-refractivity contribution in [2.45, 2.75) is 25.4 Å². The van der Waals surface area contributed by atoms with Crippen LogP contribution in [0.25, 0.3) is 0 Å². The fraction of sp³-hybridized carbons (Fsp3) is 0.375. The van der Waals surface area contributed by atoms with Crippen LogP contribution in [-0.4, -0.2) is 36.7 Å². The molecule has 0 radical (unpaired) electrons. The van der Waals surface area contributed by atoms with Crippen molar-refractivity contribution >= 4 is 11.8 Å². The molecule has 1 aromatic carbocycles. The van der Waals surface area contributed by atoms with E-state index < -0.39 is 12.1 Å². The molecule has 1 aliphatic heterocycles. The lowest BCUT2D eigenvalue weighted by molar-refractivity contribution is -0.116. The Morgan fingerprint density at radius 1 is 1.33 bits per heavy atom. The monoisotopic (exact) mass is 290 g/mol. The molecule has 0 unspecified atom stereocenters. The van der Waals surface area contributed by atoms with E-state index in [1.807, 2.05) is 0 Å². The quantitative estimate of drug-likeness (QED) is 0.797. The van der Waals surface area contributed by atoms with Gasteiger partial charge in [-0.15, -0.1) is 0 Å². The number of hydrogen-bond acceptors (Lipinski definition) is 5. The van der Waals surface area contributed by atoms with E-state index in [1.54, 1.807) is 24.3 Å². The molecular weight excluding hydrogens is 272 g/mol. The molecular formula is C16H18O5. The number of aliphatic hydroxyl groups excluding tert-OH is 1. The van der Waals surface area contributed by atoms with Crippen LogP contribution in [0.5, 0.6) is 5.75 Å². The lowest BCUT2D eigenvalue weighted by Gasteiger charge is -2.14. The standard InChI is InChI=1S/C16H18O5/c1-20-14-7-3-5-11-4-2-6-12(17)10-13(18)8-9-21-16(19)15(11)14/h2-3,5-7,13,18H,4,8-10H2,1H3/b6-2+/t13-/m0/s1. The SMILES string of the molecule is COc1cccc2c1C(=O)OCC[C@H](O)CC(=O)/C=C/C2. The smallest absolute Gasteiger partial charge is 0.342 e. The summed E-state index contributed by atoms with van der Waals surface area (Å²) in [5, 5.41) is 9.68. The van der Waals surface area contributed by atoms with E-state index in [4.69, 9.17) is 9.47 Å². The first kappa shape index (κ1) is 15.3. The Bertz CT molecular complexity index is 562. The van der Waals surface area contributed by atoms with Crippen molar-refractivity contribution in [2.75, 3.05) is 13.7 Å². The normalized spacial score (nSPS) is 21.5. The van der Waals surface area contributed by atoms with E-state index >= 15 is 0 Å². The van der Waals surface area contributed by atoms with E-state index in [0.29, 0.717) is 17.7 Å². The third kappa shape index (κ3) is 3.92. The Hall–Kier alpha value is -2.14. The van der Waals surface area contributed by atoms with Gasteiger partial charge in [-0.05, 0) is 24.1 Å². The average Bonchev–Trinajstić information content (AvgIpc) is 2.45. The van der Waals surface area contributed by atoms with Gasteiger partial charge in [-0.2, -0.15) is 0 Å². The van der Waals surface area contributed by atoms with Crippen molar-refractivity contribution in [1.82, 2.24) is 0 Å². The maximum atomic E-state index is 12.2. The number of carbonyl (C=O) groups is 2. The molecule has 0 spiro atoms. The summed E-state index contributed by atoms with van der Waals surface area (Å²) in [4.78, 5) is 23.8. The molecule has 1 heterocycles. The van der Waals surface area contributed by atoms with Gasteiger partial charge in [-0.1, -0.05) is 18.2 Å². The van der Waals surface area contributed by atoms with Crippen LogP contribution in [0, 0.1) is 0 Å². The number of methoxy groups -OCH3 is 1. The van der Waals surface area contributed by atoms with Crippen LogP contribution in [0.3, 0.4) is 0 Å². The third-order valence-corrected chi connectivity index (χ3v) is 3.30. The predicted octanol–water partition coefficient (Wildman–Crippen LogP) is 1.67. The van der Waals surface area contributed by atoms with Gasteiger partial charge < -0.3 is 14.6 Å². The van der Waals surface area contributed by atoms with Crippen molar-refractivity contribution in [2.24, 2.45) is 0 Å². The van der Waals surface area contributed by atoms with Gasteiger partial charge in [0.15, 0.2) is 5.78 Å². The number of rotatable bonds is 1. The fourth-order valence-electron chi connectivity index (χ4n) is 2.23. The zero-order valence-corrected chi connectivity index (χ0v) is 11.9. The molecule has 5 nitrogen and oxygen atoms in total. The lowest BCUT2D eigenvalue weighted by atomic mass is 10.0. The third-order valence-electron chi connectivity index (χ3n) is 3.30. The van der Waals surface area contributed by atoms with Crippen LogP contribution in [0.15, 0.2) is 30.4 Å². The first-order valence-electron chi connectivity index (χ1n) is 6.82. The van der Waals surface area contributed by atoms with Crippen LogP contribution in [-0.2, 0) is 16.0 Å². The number of cyclic esters (lactones) is 1. The zero-order valence-electron chi connectivity index (χ0n) is 11.9. The maximum Gasteiger partial charge on any atom is 0.342 e. The molecule has 1 N–H and O–H groups in total. The molecule has 112 valence electrons. The highest BCUT2D eigenvalue weighted by Crippen LogP contribution is 2.24. The van der Waals surface area contributed by atoms with Gasteiger partial charge in [0, 0.05) is 12.8 Å². The first-order valence-corrected chi connectivity index (χ1v) is 6.82. The van der Waals surface area contributed by atoms with Crippen LogP contribution in [0.2, 0.25) is 0 Å². The van der Waals surface area contributed by atoms with Gasteiger partial charge in [-0.3, -0.25) is 4.79 Å². The minimum absolute atomic E-state index is 0.0407. The molecule has 0 aromatic heterocycles. The molecule has 0 amide bonds. The summed E-state index contributed by atoms with van der Waals surface area (Å²) in [5.74, 6) is -0.177. The Morgan fingerprint density at radius 2 is 2.14 bits per heavy atom. The van der Waals surface area contributed by atoms with Crippen molar-refractivity contribution in [3.63, 3.8) is 0 Å². The van der Waals surface area contributed by atoms with Crippen LogP contribution < -0.4 is 4.74 Å². The van der Waals surface area contributed by atoms with E-state index in [2.05, 4.69) is 0 Å². The summed E-state index contributed by atoms with van der Waals surface area (Å²) in [6.45, 7) is 0.0640. The van der Waals surface area contributed by atoms with Gasteiger partial charge in [-0.25, -0.2) is 4.79 Å². The van der Waals surface area contributed by atoms with Crippen molar-refractivity contribution in [3.8, 4) is 5.75 Å². The Morgan fingerprint density at radius 3 is 2.90 bits per heavy atom. The molecule has 0 aliphatic carbocycles. The van der Waals surface area contributed by atoms with E-state index in [-0.39, 0.29) is 25.2 Å². The molecule has 1 aliphatic rings. The molecule has 0 fully saturated rings. The van der Waals surface area contributed by atoms with Crippen LogP contribution in [0.4, 0.5) is 0 Å². The summed E-state index contributed by atoms with van der Waals surface area (Å²) in [7, 11) is 1.49. The summed E-state index contributed by atoms with van der Waals surface area (Å²) in [6.07, 6.45) is 3.02. The number of hydrogen-bond donors (Lipinski definition) is 1. The molecule has 1 atom stereocenters. The molecule has 0 saturated carbocycles. The minimum atomic E-state index is -0.800. The summed E-state index contributed by atoms with van der Waals surface area (Å²) < 4.78 is 10.4. The molecule has 0 bridgehead atoms. The number of fused-ring (bicyclic) bond motifs is 1. The zero-order chi connectivity index (χ0) is 15.2. The fourth-order valence-corrected chi connectivity index (χ4v) is 2.23. The Balaban J connectivity index is 2.35. The highest BCUT2D eigenvalue weighted by molar-refractivity contribution is 5.94. The van der Waals surface area contributed by atoms with Crippen molar-refractivity contribution in [1.29, 1.82) is 0 Å². The minimum Gasteiger partial charge on any atom is -0.496 e. The average molecular weight is 290 g/mol. The number of allylic oxidation sites excluding steroid dienone is 2. The van der Waals surface area contributed by atoms with Gasteiger partial charge in [0.25, 0.3) is 0 Å². The molecule has 1 aromatic rings. The van der Waals surface area contributed by atoms with Gasteiger partial charge in [0.05, 0.1) is 19.8 Å². The van der Waals surface area contributed by atoms with E-state index in [9.17, 15) is 14.7 Å². The van der Waals surface area contributed by atoms with Gasteiger partial charge in [0.1, 0.15) is 11.3 Å². The number of ether oxygens (including phenoxy) is 2. The molecule has 5 heteroatoms. The van der Waals surface area contributed by atoms with E-state index in [1.165, 1.54) is 13.2 Å². The lowest BCUT2D eigenvalue weighted by Crippen LogP contribution is -2.18. The van der Waals surface area contributed by atoms with Crippen molar-refractivity contribution < 1.29 is 24.2 Å². The highest BCUT2D eigenvalue weighted by Gasteiger charge is 2.19. The van der Waals surface area contributed by atoms with E-state index in [0.717, 1.165) is 5.56 Å². The Labute approximate surface area is 123 Å². The van der Waals surface area contributed by atoms with Gasteiger partial charge >= 0.3 is 5.97 Å². The highest BCUT2D eigenvalue weighted by atomic mass is 16.5. The molecule has 2 rings (SSSR count). The largest absolute Gasteiger partial charge is 0.496 e. The van der Waals surface area contributed by atoms with Crippen LogP contribution >= 0.6 is 0 Å². The number of benzene rings is 1. The number of esters is 1. The second-order valence-corrected chi connectivity index (χ2v) is 4.85. The topological polar surface area (TPSA) is 72.8 Å². The number of ketones is 1. The summed E-state index contributed by atoms with van der Waals surface area (Å²) in [5.41, 5.74) is 1.11. The summed E-state index contributed by atoms with van der Waals surface area (Å²) >= 11 is 0. The first-order chi connectivity index (χ1) is 10.1. The molecule has 0 saturated heterocycles.